The van der Waals surface area contributed by atoms with Crippen molar-refractivity contribution in [2.75, 3.05) is 0 Å². The number of nitrogens with zero attached hydrogens (tertiary/aromatic N) is 2. The average molecular weight is 294 g/mol. The molecule has 21 heavy (non-hydrogen) atoms. The van der Waals surface area contributed by atoms with Crippen LogP contribution in [0.1, 0.15) is 37.9 Å². The lowest BCUT2D eigenvalue weighted by atomic mass is 9.99. The molecule has 0 unspecified atom stereocenters. The molecule has 0 atom stereocenters. The van der Waals surface area contributed by atoms with Crippen molar-refractivity contribution in [3.63, 3.8) is 0 Å². The van der Waals surface area contributed by atoms with Crippen molar-refractivity contribution in [2.45, 2.75) is 39.2 Å². The SMILES string of the molecule is CC(C)c1nn(CC=O)c(=O)c2ccc(C(C)(F)F)cc12. The summed E-state index contributed by atoms with van der Waals surface area (Å²) in [4.78, 5) is 22.8. The van der Waals surface area contributed by atoms with E-state index in [4.69, 9.17) is 0 Å². The standard InChI is InChI=1S/C15H16F2N2O2/c1-9(2)13-12-8-10(15(3,16)17)4-5-11(12)14(21)19(18-13)6-7-20/h4-5,7-9H,6H2,1-3H3. The van der Waals surface area contributed by atoms with Gasteiger partial charge in [0.25, 0.3) is 11.5 Å². The van der Waals surface area contributed by atoms with Crippen molar-refractivity contribution >= 4 is 17.1 Å². The van der Waals surface area contributed by atoms with E-state index in [-0.39, 0.29) is 18.0 Å². The molecule has 0 aliphatic rings. The van der Waals surface area contributed by atoms with Crippen LogP contribution in [0.2, 0.25) is 0 Å². The first-order valence-electron chi connectivity index (χ1n) is 6.62. The van der Waals surface area contributed by atoms with Gasteiger partial charge in [-0.3, -0.25) is 4.79 Å². The Labute approximate surface area is 120 Å². The van der Waals surface area contributed by atoms with Gasteiger partial charge in [0.1, 0.15) is 12.8 Å². The summed E-state index contributed by atoms with van der Waals surface area (Å²) < 4.78 is 28.0. The van der Waals surface area contributed by atoms with Gasteiger partial charge in [-0.1, -0.05) is 19.9 Å². The molecule has 0 amide bonds. The molecular formula is C15H16F2N2O2. The number of carbonyl (C=O) groups excluding carboxylic acids is 1. The third-order valence-corrected chi connectivity index (χ3v) is 3.29. The van der Waals surface area contributed by atoms with Gasteiger partial charge < -0.3 is 4.79 Å². The minimum Gasteiger partial charge on any atom is -0.301 e. The number of halogens is 2. The van der Waals surface area contributed by atoms with E-state index in [9.17, 15) is 18.4 Å². The lowest BCUT2D eigenvalue weighted by Crippen LogP contribution is -2.26. The van der Waals surface area contributed by atoms with Crippen molar-refractivity contribution in [3.8, 4) is 0 Å². The Kier molecular flexibility index (Phi) is 3.89. The number of benzene rings is 1. The molecule has 0 aliphatic carbocycles. The molecule has 0 spiro atoms. The van der Waals surface area contributed by atoms with E-state index in [1.807, 2.05) is 13.8 Å². The lowest BCUT2D eigenvalue weighted by molar-refractivity contribution is -0.108. The van der Waals surface area contributed by atoms with E-state index < -0.39 is 11.5 Å². The number of rotatable bonds is 4. The number of alkyl halides is 2. The highest BCUT2D eigenvalue weighted by atomic mass is 19.3. The third kappa shape index (κ3) is 2.84. The van der Waals surface area contributed by atoms with Gasteiger partial charge in [0.2, 0.25) is 0 Å². The Balaban J connectivity index is 2.84. The summed E-state index contributed by atoms with van der Waals surface area (Å²) in [6, 6.07) is 3.92. The van der Waals surface area contributed by atoms with Crippen LogP contribution >= 0.6 is 0 Å². The average Bonchev–Trinajstić information content (AvgIpc) is 2.40. The first kappa shape index (κ1) is 15.3. The topological polar surface area (TPSA) is 52.0 Å². The van der Waals surface area contributed by atoms with Crippen molar-refractivity contribution < 1.29 is 13.6 Å². The van der Waals surface area contributed by atoms with Gasteiger partial charge in [-0.2, -0.15) is 5.10 Å². The maximum Gasteiger partial charge on any atom is 0.275 e. The number of hydrogen-bond acceptors (Lipinski definition) is 3. The maximum absolute atomic E-state index is 13.5. The zero-order chi connectivity index (χ0) is 15.8. The predicted molar refractivity (Wildman–Crippen MR) is 75.7 cm³/mol. The molecule has 0 bridgehead atoms. The van der Waals surface area contributed by atoms with Gasteiger partial charge in [-0.15, -0.1) is 0 Å². The van der Waals surface area contributed by atoms with Crippen molar-refractivity contribution in [1.82, 2.24) is 9.78 Å². The molecule has 112 valence electrons. The highest BCUT2D eigenvalue weighted by Gasteiger charge is 2.25. The third-order valence-electron chi connectivity index (χ3n) is 3.29. The van der Waals surface area contributed by atoms with Gasteiger partial charge in [0, 0.05) is 17.9 Å². The molecule has 0 radical (unpaired) electrons. The highest BCUT2D eigenvalue weighted by molar-refractivity contribution is 5.85. The minimum absolute atomic E-state index is 0.0632. The summed E-state index contributed by atoms with van der Waals surface area (Å²) in [6.45, 7) is 4.37. The van der Waals surface area contributed by atoms with Crippen LogP contribution in [0.15, 0.2) is 23.0 Å². The van der Waals surface area contributed by atoms with E-state index >= 15 is 0 Å². The Morgan fingerprint density at radius 1 is 1.33 bits per heavy atom. The fraction of sp³-hybridized carbons (Fsp3) is 0.400. The smallest absolute Gasteiger partial charge is 0.275 e. The predicted octanol–water partition coefficient (Wildman–Crippen LogP) is 2.83. The Morgan fingerprint density at radius 3 is 2.52 bits per heavy atom. The number of hydrogen-bond donors (Lipinski definition) is 0. The van der Waals surface area contributed by atoms with Gasteiger partial charge in [0.05, 0.1) is 11.1 Å². The van der Waals surface area contributed by atoms with Crippen LogP contribution in [-0.2, 0) is 17.3 Å². The number of aldehydes is 1. The van der Waals surface area contributed by atoms with Gasteiger partial charge in [-0.25, -0.2) is 13.5 Å². The molecule has 1 aromatic heterocycles. The molecule has 2 aromatic rings. The van der Waals surface area contributed by atoms with E-state index in [1.165, 1.54) is 18.2 Å². The second kappa shape index (κ2) is 5.35. The number of aromatic nitrogens is 2. The lowest BCUT2D eigenvalue weighted by Gasteiger charge is -2.15. The van der Waals surface area contributed by atoms with Crippen LogP contribution < -0.4 is 5.56 Å². The molecule has 6 heteroatoms. The molecule has 4 nitrogen and oxygen atoms in total. The molecule has 0 saturated heterocycles. The van der Waals surface area contributed by atoms with Gasteiger partial charge in [-0.05, 0) is 18.1 Å². The van der Waals surface area contributed by atoms with E-state index in [2.05, 4.69) is 5.10 Å². The summed E-state index contributed by atoms with van der Waals surface area (Å²) in [5.41, 5.74) is -0.0868. The van der Waals surface area contributed by atoms with E-state index in [1.54, 1.807) is 0 Å². The highest BCUT2D eigenvalue weighted by Crippen LogP contribution is 2.30. The van der Waals surface area contributed by atoms with E-state index in [0.717, 1.165) is 11.6 Å². The van der Waals surface area contributed by atoms with Crippen LogP contribution in [0.4, 0.5) is 8.78 Å². The first-order valence-corrected chi connectivity index (χ1v) is 6.62. The van der Waals surface area contributed by atoms with Crippen molar-refractivity contribution in [1.29, 1.82) is 0 Å². The maximum atomic E-state index is 13.5. The molecule has 0 aliphatic heterocycles. The molecule has 2 rings (SSSR count). The van der Waals surface area contributed by atoms with Crippen LogP contribution in [0, 0.1) is 0 Å². The normalized spacial score (nSPS) is 12.1. The molecule has 0 fully saturated rings. The Bertz CT molecular complexity index is 746. The Hall–Kier alpha value is -2.11. The quantitative estimate of drug-likeness (QED) is 0.815. The first-order chi connectivity index (χ1) is 9.75. The Morgan fingerprint density at radius 2 is 2.00 bits per heavy atom. The van der Waals surface area contributed by atoms with Gasteiger partial charge >= 0.3 is 0 Å². The van der Waals surface area contributed by atoms with Crippen LogP contribution in [0.25, 0.3) is 10.8 Å². The summed E-state index contributed by atoms with van der Waals surface area (Å²) in [6.07, 6.45) is 0.582. The number of fused-ring (bicyclic) bond motifs is 1. The number of carbonyl (C=O) groups is 1. The molecule has 1 heterocycles. The fourth-order valence-corrected chi connectivity index (χ4v) is 2.20. The summed E-state index contributed by atoms with van der Waals surface area (Å²) in [5, 5.41) is 4.85. The molecule has 1 aromatic carbocycles. The molecular weight excluding hydrogens is 278 g/mol. The van der Waals surface area contributed by atoms with Crippen molar-refractivity contribution in [2.24, 2.45) is 0 Å². The fourth-order valence-electron chi connectivity index (χ4n) is 2.20. The summed E-state index contributed by atoms with van der Waals surface area (Å²) >= 11 is 0. The summed E-state index contributed by atoms with van der Waals surface area (Å²) in [5.74, 6) is -3.05. The van der Waals surface area contributed by atoms with Gasteiger partial charge in [0.15, 0.2) is 0 Å². The van der Waals surface area contributed by atoms with E-state index in [0.29, 0.717) is 22.8 Å². The second-order valence-electron chi connectivity index (χ2n) is 5.34. The largest absolute Gasteiger partial charge is 0.301 e. The molecule has 0 N–H and O–H groups in total. The molecule has 0 saturated carbocycles. The van der Waals surface area contributed by atoms with Crippen LogP contribution in [0.3, 0.4) is 0 Å². The monoisotopic (exact) mass is 294 g/mol. The van der Waals surface area contributed by atoms with Crippen LogP contribution in [0.5, 0.6) is 0 Å². The van der Waals surface area contributed by atoms with Crippen LogP contribution in [-0.4, -0.2) is 16.1 Å². The minimum atomic E-state index is -2.99. The zero-order valence-corrected chi connectivity index (χ0v) is 12.1. The van der Waals surface area contributed by atoms with Crippen molar-refractivity contribution in [3.05, 3.63) is 39.8 Å². The summed E-state index contributed by atoms with van der Waals surface area (Å²) in [7, 11) is 0. The zero-order valence-electron chi connectivity index (χ0n) is 12.1. The second-order valence-corrected chi connectivity index (χ2v) is 5.34.